The summed E-state index contributed by atoms with van der Waals surface area (Å²) in [6.45, 7) is 3.20. The molecule has 0 radical (unpaired) electrons. The molecule has 0 bridgehead atoms. The monoisotopic (exact) mass is 505 g/mol. The molecule has 5 nitrogen and oxygen atoms in total. The zero-order valence-electron chi connectivity index (χ0n) is 18.6. The van der Waals surface area contributed by atoms with Crippen molar-refractivity contribution < 1.29 is 27.1 Å². The van der Waals surface area contributed by atoms with E-state index in [1.165, 1.54) is 19.1 Å². The van der Waals surface area contributed by atoms with Gasteiger partial charge in [-0.15, -0.1) is 0 Å². The molecule has 1 heterocycles. The van der Waals surface area contributed by atoms with E-state index in [-0.39, 0.29) is 5.82 Å². The average molecular weight is 506 g/mol. The molecule has 4 rings (SSSR count). The van der Waals surface area contributed by atoms with E-state index in [4.69, 9.17) is 16.3 Å². The first-order chi connectivity index (χ1) is 16.5. The molecule has 2 unspecified atom stereocenters. The highest BCUT2D eigenvalue weighted by Gasteiger charge is 2.40. The average Bonchev–Trinajstić information content (AvgIpc) is 3.22. The molecular formula is C25H20ClF4N3O2. The Hall–Kier alpha value is -3.59. The van der Waals surface area contributed by atoms with Gasteiger partial charge in [-0.05, 0) is 73.5 Å². The fourth-order valence-electron chi connectivity index (χ4n) is 3.69. The van der Waals surface area contributed by atoms with Crippen LogP contribution in [0.5, 0.6) is 5.75 Å². The van der Waals surface area contributed by atoms with E-state index in [1.54, 1.807) is 66.3 Å². The first-order valence-corrected chi connectivity index (χ1v) is 10.9. The summed E-state index contributed by atoms with van der Waals surface area (Å²) in [5.74, 6) is -2.06. The van der Waals surface area contributed by atoms with Gasteiger partial charge in [-0.3, -0.25) is 4.79 Å². The molecule has 0 aliphatic rings. The van der Waals surface area contributed by atoms with Gasteiger partial charge in [0.15, 0.2) is 0 Å². The van der Waals surface area contributed by atoms with E-state index in [0.717, 1.165) is 5.52 Å². The number of nitrogens with one attached hydrogen (secondary N) is 1. The summed E-state index contributed by atoms with van der Waals surface area (Å²) in [4.78, 5) is 11.6. The molecule has 4 aromatic rings. The Morgan fingerprint density at radius 3 is 2.46 bits per heavy atom. The minimum atomic E-state index is -5.03. The summed E-state index contributed by atoms with van der Waals surface area (Å²) < 4.78 is 59.6. The van der Waals surface area contributed by atoms with Crippen LogP contribution in [0.25, 0.3) is 16.6 Å². The van der Waals surface area contributed by atoms with Crippen LogP contribution in [0.1, 0.15) is 24.2 Å². The molecule has 1 aromatic heterocycles. The van der Waals surface area contributed by atoms with Crippen molar-refractivity contribution in [3.05, 3.63) is 88.8 Å². The number of aromatic nitrogens is 2. The summed E-state index contributed by atoms with van der Waals surface area (Å²) in [7, 11) is 0. The lowest BCUT2D eigenvalue weighted by Crippen LogP contribution is -2.45. The van der Waals surface area contributed by atoms with Crippen molar-refractivity contribution in [1.82, 2.24) is 15.1 Å². The number of hydrogen-bond donors (Lipinski definition) is 1. The van der Waals surface area contributed by atoms with E-state index in [1.807, 2.05) is 5.32 Å². The van der Waals surface area contributed by atoms with Crippen LogP contribution >= 0.6 is 11.6 Å². The highest BCUT2D eigenvalue weighted by Crippen LogP contribution is 2.31. The Balaban J connectivity index is 1.66. The van der Waals surface area contributed by atoms with Crippen LogP contribution in [0.4, 0.5) is 17.6 Å². The number of nitrogens with zero attached hydrogens (tertiary/aromatic N) is 2. The van der Waals surface area contributed by atoms with Crippen molar-refractivity contribution in [3.63, 3.8) is 0 Å². The normalized spacial score (nSPS) is 13.5. The number of aryl methyl sites for hydroxylation is 1. The molecule has 3 aromatic carbocycles. The summed E-state index contributed by atoms with van der Waals surface area (Å²) in [5, 5.41) is 7.50. The maximum Gasteiger partial charge on any atom is 0.471 e. The van der Waals surface area contributed by atoms with Crippen LogP contribution in [0.2, 0.25) is 5.02 Å². The molecule has 10 heteroatoms. The van der Waals surface area contributed by atoms with Gasteiger partial charge in [0.2, 0.25) is 0 Å². The van der Waals surface area contributed by atoms with Crippen molar-refractivity contribution in [3.8, 4) is 11.4 Å². The molecule has 0 aliphatic carbocycles. The van der Waals surface area contributed by atoms with E-state index >= 15 is 0 Å². The Kier molecular flexibility index (Phi) is 6.71. The highest BCUT2D eigenvalue weighted by molar-refractivity contribution is 6.31. The molecule has 182 valence electrons. The van der Waals surface area contributed by atoms with Crippen LogP contribution < -0.4 is 10.1 Å². The number of hydrogen-bond acceptors (Lipinski definition) is 3. The van der Waals surface area contributed by atoms with E-state index in [0.29, 0.717) is 33.0 Å². The van der Waals surface area contributed by atoms with Gasteiger partial charge in [-0.1, -0.05) is 23.7 Å². The Morgan fingerprint density at radius 1 is 1.09 bits per heavy atom. The largest absolute Gasteiger partial charge is 0.484 e. The molecule has 0 saturated heterocycles. The van der Waals surface area contributed by atoms with Crippen LogP contribution in [-0.2, 0) is 4.79 Å². The van der Waals surface area contributed by atoms with Gasteiger partial charge in [0.1, 0.15) is 17.7 Å². The zero-order chi connectivity index (χ0) is 25.3. The SMILES string of the molecule is Cc1cc(C(Oc2ccc3c(cnn3-c3ccc(F)cc3)c2)C(C)NC(=O)C(F)(F)F)ccc1Cl. The summed E-state index contributed by atoms with van der Waals surface area (Å²) in [6, 6.07) is 14.9. The van der Waals surface area contributed by atoms with Crippen molar-refractivity contribution >= 4 is 28.4 Å². The molecular weight excluding hydrogens is 486 g/mol. The number of halogens is 5. The molecule has 0 fully saturated rings. The van der Waals surface area contributed by atoms with E-state index in [2.05, 4.69) is 5.10 Å². The van der Waals surface area contributed by atoms with E-state index in [9.17, 15) is 22.4 Å². The summed E-state index contributed by atoms with van der Waals surface area (Å²) in [5.41, 5.74) is 2.64. The van der Waals surface area contributed by atoms with Gasteiger partial charge in [-0.25, -0.2) is 9.07 Å². The van der Waals surface area contributed by atoms with Gasteiger partial charge in [0.05, 0.1) is 23.4 Å². The number of carbonyl (C=O) groups excluding carboxylic acids is 1. The number of ether oxygens (including phenoxy) is 1. The number of alkyl halides is 3. The fourth-order valence-corrected chi connectivity index (χ4v) is 3.80. The Labute approximate surface area is 203 Å². The second-order valence-corrected chi connectivity index (χ2v) is 8.47. The van der Waals surface area contributed by atoms with Crippen LogP contribution in [0.3, 0.4) is 0 Å². The van der Waals surface area contributed by atoms with Crippen molar-refractivity contribution in [2.45, 2.75) is 32.2 Å². The minimum Gasteiger partial charge on any atom is -0.484 e. The number of rotatable bonds is 6. The standard InChI is InChI=1S/C25H20ClF4N3O2/c1-14-11-16(3-9-21(14)26)23(15(2)32-24(34)25(28,29)30)35-20-8-10-22-17(12-20)13-31-33(22)19-6-4-18(27)5-7-19/h3-13,15,23H,1-2H3,(H,32,34). The van der Waals surface area contributed by atoms with Gasteiger partial charge >= 0.3 is 12.1 Å². The smallest absolute Gasteiger partial charge is 0.471 e. The minimum absolute atomic E-state index is 0.363. The predicted octanol–water partition coefficient (Wildman–Crippen LogP) is 6.31. The molecule has 0 saturated carbocycles. The van der Waals surface area contributed by atoms with Crippen LogP contribution in [-0.4, -0.2) is 27.9 Å². The lowest BCUT2D eigenvalue weighted by molar-refractivity contribution is -0.174. The second kappa shape index (κ2) is 9.58. The lowest BCUT2D eigenvalue weighted by Gasteiger charge is -2.27. The number of fused-ring (bicyclic) bond motifs is 1. The molecule has 0 spiro atoms. The van der Waals surface area contributed by atoms with Crippen molar-refractivity contribution in [1.29, 1.82) is 0 Å². The third kappa shape index (κ3) is 5.40. The van der Waals surface area contributed by atoms with Gasteiger partial charge in [0.25, 0.3) is 0 Å². The first-order valence-electron chi connectivity index (χ1n) is 10.6. The lowest BCUT2D eigenvalue weighted by atomic mass is 10.0. The van der Waals surface area contributed by atoms with Gasteiger partial charge in [-0.2, -0.15) is 18.3 Å². The fraction of sp³-hybridized carbons (Fsp3) is 0.200. The predicted molar refractivity (Wildman–Crippen MR) is 124 cm³/mol. The number of amides is 1. The summed E-state index contributed by atoms with van der Waals surface area (Å²) in [6.07, 6.45) is -4.37. The van der Waals surface area contributed by atoms with Gasteiger partial charge in [0, 0.05) is 10.4 Å². The maximum absolute atomic E-state index is 13.3. The van der Waals surface area contributed by atoms with Gasteiger partial charge < -0.3 is 10.1 Å². The van der Waals surface area contributed by atoms with Crippen molar-refractivity contribution in [2.75, 3.05) is 0 Å². The molecule has 1 amide bonds. The quantitative estimate of drug-likeness (QED) is 0.312. The highest BCUT2D eigenvalue weighted by atomic mass is 35.5. The van der Waals surface area contributed by atoms with Crippen LogP contribution in [0, 0.1) is 12.7 Å². The molecule has 2 atom stereocenters. The first kappa shape index (κ1) is 24.5. The number of benzene rings is 3. The zero-order valence-corrected chi connectivity index (χ0v) is 19.4. The topological polar surface area (TPSA) is 56.1 Å². The Morgan fingerprint density at radius 2 is 1.80 bits per heavy atom. The summed E-state index contributed by atoms with van der Waals surface area (Å²) >= 11 is 6.11. The second-order valence-electron chi connectivity index (χ2n) is 8.06. The third-order valence-corrected chi connectivity index (χ3v) is 5.88. The van der Waals surface area contributed by atoms with Crippen LogP contribution in [0.15, 0.2) is 66.9 Å². The molecule has 1 N–H and O–H groups in total. The molecule has 0 aliphatic heterocycles. The maximum atomic E-state index is 13.3. The third-order valence-electron chi connectivity index (χ3n) is 5.45. The Bertz CT molecular complexity index is 1370. The van der Waals surface area contributed by atoms with E-state index < -0.39 is 24.2 Å². The number of carbonyl (C=O) groups is 1. The van der Waals surface area contributed by atoms with Crippen molar-refractivity contribution in [2.24, 2.45) is 0 Å². The molecule has 35 heavy (non-hydrogen) atoms.